The van der Waals surface area contributed by atoms with Crippen molar-refractivity contribution in [2.45, 2.75) is 32.9 Å². The minimum atomic E-state index is -0.109. The Morgan fingerprint density at radius 1 is 1.38 bits per heavy atom. The largest absolute Gasteiger partial charge is 0.370 e. The number of carbonyl (C=O) groups is 1. The highest BCUT2D eigenvalue weighted by atomic mass is 16.5. The number of ether oxygens (including phenoxy) is 1. The molecule has 1 N–H and O–H groups in total. The van der Waals surface area contributed by atoms with Crippen LogP contribution in [0, 0.1) is 6.92 Å². The van der Waals surface area contributed by atoms with Gasteiger partial charge >= 0.3 is 6.03 Å². The molecule has 1 aliphatic heterocycles. The van der Waals surface area contributed by atoms with Crippen molar-refractivity contribution in [1.29, 1.82) is 0 Å². The number of nitrogens with zero attached hydrogens (tertiary/aromatic N) is 2. The van der Waals surface area contributed by atoms with Gasteiger partial charge in [0.15, 0.2) is 5.76 Å². The van der Waals surface area contributed by atoms with Crippen molar-refractivity contribution in [2.24, 2.45) is 0 Å². The number of rotatable bonds is 4. The van der Waals surface area contributed by atoms with E-state index in [1.54, 1.807) is 4.90 Å². The molecule has 24 heavy (non-hydrogen) atoms. The topological polar surface area (TPSA) is 67.6 Å². The van der Waals surface area contributed by atoms with Gasteiger partial charge in [-0.15, -0.1) is 0 Å². The molecule has 128 valence electrons. The molecule has 1 fully saturated rings. The van der Waals surface area contributed by atoms with Crippen molar-refractivity contribution in [3.8, 4) is 0 Å². The number of amides is 2. The number of carbonyl (C=O) groups excluding carboxylic acids is 1. The van der Waals surface area contributed by atoms with E-state index in [9.17, 15) is 4.79 Å². The summed E-state index contributed by atoms with van der Waals surface area (Å²) in [5, 5.41) is 6.68. The first-order valence-corrected chi connectivity index (χ1v) is 8.31. The third-order valence-electron chi connectivity index (χ3n) is 4.20. The number of aromatic nitrogens is 1. The highest BCUT2D eigenvalue weighted by molar-refractivity contribution is 5.74. The Labute approximate surface area is 141 Å². The second-order valence-electron chi connectivity index (χ2n) is 5.99. The van der Waals surface area contributed by atoms with Gasteiger partial charge in [0.1, 0.15) is 6.10 Å². The second-order valence-corrected chi connectivity index (χ2v) is 5.99. The molecule has 1 aromatic heterocycles. The number of hydrogen-bond donors (Lipinski definition) is 1. The average molecular weight is 329 g/mol. The quantitative estimate of drug-likeness (QED) is 0.936. The van der Waals surface area contributed by atoms with E-state index in [1.807, 2.05) is 13.0 Å². The predicted octanol–water partition coefficient (Wildman–Crippen LogP) is 2.83. The molecule has 6 nitrogen and oxygen atoms in total. The molecule has 2 heterocycles. The lowest BCUT2D eigenvalue weighted by Gasteiger charge is -2.33. The fraction of sp³-hybridized carbons (Fsp3) is 0.444. The first-order chi connectivity index (χ1) is 11.7. The van der Waals surface area contributed by atoms with Crippen molar-refractivity contribution in [2.75, 3.05) is 19.7 Å². The summed E-state index contributed by atoms with van der Waals surface area (Å²) in [6.07, 6.45) is 0.935. The van der Waals surface area contributed by atoms with Crippen molar-refractivity contribution in [3.63, 3.8) is 0 Å². The van der Waals surface area contributed by atoms with E-state index in [0.717, 1.165) is 17.7 Å². The van der Waals surface area contributed by atoms with E-state index in [1.165, 1.54) is 5.56 Å². The first kappa shape index (κ1) is 16.5. The van der Waals surface area contributed by atoms with Crippen LogP contribution in [0.3, 0.4) is 0 Å². The van der Waals surface area contributed by atoms with Gasteiger partial charge in [0.25, 0.3) is 0 Å². The second kappa shape index (κ2) is 7.49. The average Bonchev–Trinajstić information content (AvgIpc) is 3.05. The van der Waals surface area contributed by atoms with Crippen LogP contribution in [0.2, 0.25) is 0 Å². The van der Waals surface area contributed by atoms with Gasteiger partial charge in [-0.05, 0) is 24.5 Å². The Balaban J connectivity index is 1.56. The fourth-order valence-electron chi connectivity index (χ4n) is 2.78. The molecule has 6 heteroatoms. The van der Waals surface area contributed by atoms with E-state index >= 15 is 0 Å². The third kappa shape index (κ3) is 3.94. The third-order valence-corrected chi connectivity index (χ3v) is 4.20. The Bertz CT molecular complexity index is 681. The maximum Gasteiger partial charge on any atom is 0.317 e. The lowest BCUT2D eigenvalue weighted by Crippen LogP contribution is -2.46. The van der Waals surface area contributed by atoms with Crippen LogP contribution in [0.5, 0.6) is 0 Å². The predicted molar refractivity (Wildman–Crippen MR) is 89.6 cm³/mol. The lowest BCUT2D eigenvalue weighted by atomic mass is 10.0. The molecular formula is C18H23N3O3. The summed E-state index contributed by atoms with van der Waals surface area (Å²) >= 11 is 0. The van der Waals surface area contributed by atoms with Crippen LogP contribution in [0.1, 0.15) is 35.6 Å². The van der Waals surface area contributed by atoms with Gasteiger partial charge in [-0.1, -0.05) is 36.3 Å². The summed E-state index contributed by atoms with van der Waals surface area (Å²) in [4.78, 5) is 14.1. The van der Waals surface area contributed by atoms with E-state index in [2.05, 4.69) is 41.7 Å². The van der Waals surface area contributed by atoms with Crippen LogP contribution in [0.15, 0.2) is 34.9 Å². The Hall–Kier alpha value is -2.34. The number of hydrogen-bond acceptors (Lipinski definition) is 4. The zero-order valence-electron chi connectivity index (χ0n) is 14.1. The van der Waals surface area contributed by atoms with Gasteiger partial charge < -0.3 is 19.5 Å². The smallest absolute Gasteiger partial charge is 0.317 e. The monoisotopic (exact) mass is 329 g/mol. The number of benzene rings is 1. The molecule has 1 saturated heterocycles. The molecule has 0 radical (unpaired) electrons. The summed E-state index contributed by atoms with van der Waals surface area (Å²) in [7, 11) is 0. The maximum atomic E-state index is 12.4. The Morgan fingerprint density at radius 3 is 2.83 bits per heavy atom. The van der Waals surface area contributed by atoms with Crippen LogP contribution >= 0.6 is 0 Å². The lowest BCUT2D eigenvalue weighted by molar-refractivity contribution is -0.0155. The normalized spacial score (nSPS) is 17.8. The van der Waals surface area contributed by atoms with Gasteiger partial charge in [0, 0.05) is 12.6 Å². The number of morpholine rings is 1. The van der Waals surface area contributed by atoms with Crippen LogP contribution in [0.4, 0.5) is 4.79 Å². The number of aryl methyl sites for hydroxylation is 2. The van der Waals surface area contributed by atoms with Gasteiger partial charge in [-0.2, -0.15) is 0 Å². The number of urea groups is 1. The molecule has 1 aliphatic rings. The van der Waals surface area contributed by atoms with Crippen LogP contribution in [-0.2, 0) is 17.7 Å². The van der Waals surface area contributed by atoms with Gasteiger partial charge in [-0.3, -0.25) is 0 Å². The summed E-state index contributed by atoms with van der Waals surface area (Å²) in [6.45, 7) is 6.00. The maximum absolute atomic E-state index is 12.4. The molecule has 0 aliphatic carbocycles. The summed E-state index contributed by atoms with van der Waals surface area (Å²) in [5.41, 5.74) is 3.21. The van der Waals surface area contributed by atoms with E-state index < -0.39 is 0 Å². The molecule has 1 atom stereocenters. The van der Waals surface area contributed by atoms with Gasteiger partial charge in [-0.25, -0.2) is 4.79 Å². The van der Waals surface area contributed by atoms with E-state index in [4.69, 9.17) is 9.26 Å². The SMILES string of the molecule is CCc1ccc([C@H]2CN(C(=O)NCc3cc(C)no3)CCO2)cc1. The molecule has 3 rings (SSSR count). The van der Waals surface area contributed by atoms with Crippen molar-refractivity contribution in [3.05, 3.63) is 52.9 Å². The first-order valence-electron chi connectivity index (χ1n) is 8.31. The van der Waals surface area contributed by atoms with Crippen molar-refractivity contribution in [1.82, 2.24) is 15.4 Å². The summed E-state index contributed by atoms with van der Waals surface area (Å²) in [6, 6.07) is 10.1. The molecule has 0 spiro atoms. The molecule has 0 unspecified atom stereocenters. The van der Waals surface area contributed by atoms with Gasteiger partial charge in [0.2, 0.25) is 0 Å². The van der Waals surface area contributed by atoms with Crippen LogP contribution in [-0.4, -0.2) is 35.8 Å². The number of nitrogens with one attached hydrogen (secondary N) is 1. The van der Waals surface area contributed by atoms with Crippen LogP contribution < -0.4 is 5.32 Å². The Kier molecular flexibility index (Phi) is 5.15. The fourth-order valence-corrected chi connectivity index (χ4v) is 2.78. The Morgan fingerprint density at radius 2 is 2.17 bits per heavy atom. The van der Waals surface area contributed by atoms with E-state index in [0.29, 0.717) is 32.0 Å². The van der Waals surface area contributed by atoms with Crippen molar-refractivity contribution < 1.29 is 14.1 Å². The summed E-state index contributed by atoms with van der Waals surface area (Å²) < 4.78 is 10.9. The molecule has 0 bridgehead atoms. The molecule has 2 aromatic rings. The zero-order valence-corrected chi connectivity index (χ0v) is 14.1. The summed E-state index contributed by atoms with van der Waals surface area (Å²) in [5.74, 6) is 0.654. The molecule has 0 saturated carbocycles. The molecular weight excluding hydrogens is 306 g/mol. The van der Waals surface area contributed by atoms with Crippen LogP contribution in [0.25, 0.3) is 0 Å². The minimum absolute atomic E-state index is 0.0806. The van der Waals surface area contributed by atoms with E-state index in [-0.39, 0.29) is 12.1 Å². The minimum Gasteiger partial charge on any atom is -0.370 e. The molecule has 1 aromatic carbocycles. The van der Waals surface area contributed by atoms with Gasteiger partial charge in [0.05, 0.1) is 25.4 Å². The molecule has 2 amide bonds. The highest BCUT2D eigenvalue weighted by Crippen LogP contribution is 2.22. The zero-order chi connectivity index (χ0) is 16.9. The standard InChI is InChI=1S/C18H23N3O3/c1-3-14-4-6-15(7-5-14)17-12-21(8-9-23-17)18(22)19-11-16-10-13(2)20-24-16/h4-7,10,17H,3,8-9,11-12H2,1-2H3,(H,19,22)/t17-/m1/s1. The highest BCUT2D eigenvalue weighted by Gasteiger charge is 2.25. The van der Waals surface area contributed by atoms with Crippen molar-refractivity contribution >= 4 is 6.03 Å².